The van der Waals surface area contributed by atoms with Crippen LogP contribution in [0, 0.1) is 0 Å². The zero-order chi connectivity index (χ0) is 9.97. The van der Waals surface area contributed by atoms with E-state index in [1.54, 1.807) is 7.11 Å². The number of aromatic amines is 1. The molecular formula is C12H17NO. The van der Waals surface area contributed by atoms with Crippen LogP contribution in [0.1, 0.15) is 36.6 Å². The average Bonchev–Trinajstić information content (AvgIpc) is 2.61. The monoisotopic (exact) mass is 191 g/mol. The largest absolute Gasteiger partial charge is 0.501 e. The van der Waals surface area contributed by atoms with Gasteiger partial charge in [-0.25, -0.2) is 0 Å². The van der Waals surface area contributed by atoms with Gasteiger partial charge in [-0.05, 0) is 24.5 Å². The van der Waals surface area contributed by atoms with Crippen molar-refractivity contribution >= 4 is 6.08 Å². The fraction of sp³-hybridized carbons (Fsp3) is 0.500. The third kappa shape index (κ3) is 1.57. The molecule has 76 valence electrons. The van der Waals surface area contributed by atoms with E-state index in [0.29, 0.717) is 0 Å². The molecule has 14 heavy (non-hydrogen) atoms. The van der Waals surface area contributed by atoms with Crippen LogP contribution >= 0.6 is 0 Å². The lowest BCUT2D eigenvalue weighted by atomic mass is 9.98. The number of ether oxygens (including phenoxy) is 1. The fourth-order valence-electron chi connectivity index (χ4n) is 2.03. The van der Waals surface area contributed by atoms with E-state index in [9.17, 15) is 0 Å². The highest BCUT2D eigenvalue weighted by atomic mass is 16.5. The summed E-state index contributed by atoms with van der Waals surface area (Å²) < 4.78 is 5.30. The Morgan fingerprint density at radius 1 is 1.43 bits per heavy atom. The van der Waals surface area contributed by atoms with Gasteiger partial charge in [-0.2, -0.15) is 0 Å². The van der Waals surface area contributed by atoms with Gasteiger partial charge in [0, 0.05) is 23.9 Å². The summed E-state index contributed by atoms with van der Waals surface area (Å²) >= 11 is 0. The number of nitrogens with one attached hydrogen (secondary N) is 1. The van der Waals surface area contributed by atoms with Crippen LogP contribution in [0.2, 0.25) is 0 Å². The van der Waals surface area contributed by atoms with Crippen LogP contribution < -0.4 is 0 Å². The topological polar surface area (TPSA) is 25.0 Å². The molecule has 0 unspecified atom stereocenters. The fourth-order valence-corrected chi connectivity index (χ4v) is 2.03. The third-order valence-electron chi connectivity index (χ3n) is 2.80. The molecule has 0 saturated carbocycles. The predicted molar refractivity (Wildman–Crippen MR) is 58.1 cm³/mol. The first-order valence-corrected chi connectivity index (χ1v) is 5.28. The summed E-state index contributed by atoms with van der Waals surface area (Å²) in [6.07, 6.45) is 8.78. The molecule has 0 aromatic carbocycles. The average molecular weight is 191 g/mol. The van der Waals surface area contributed by atoms with Crippen molar-refractivity contribution in [2.45, 2.75) is 32.6 Å². The maximum Gasteiger partial charge on any atom is 0.0966 e. The van der Waals surface area contributed by atoms with Gasteiger partial charge < -0.3 is 9.72 Å². The van der Waals surface area contributed by atoms with Gasteiger partial charge in [0.1, 0.15) is 0 Å². The van der Waals surface area contributed by atoms with Gasteiger partial charge in [-0.1, -0.05) is 13.3 Å². The lowest BCUT2D eigenvalue weighted by Crippen LogP contribution is -2.00. The van der Waals surface area contributed by atoms with Crippen molar-refractivity contribution < 1.29 is 4.74 Å². The lowest BCUT2D eigenvalue weighted by molar-refractivity contribution is 0.279. The van der Waals surface area contributed by atoms with Crippen LogP contribution in [0.5, 0.6) is 0 Å². The summed E-state index contributed by atoms with van der Waals surface area (Å²) in [7, 11) is 1.75. The van der Waals surface area contributed by atoms with Gasteiger partial charge in [0.25, 0.3) is 0 Å². The number of allylic oxidation sites excluding steroid dienone is 1. The molecule has 2 rings (SSSR count). The molecular weight excluding hydrogens is 174 g/mol. The maximum atomic E-state index is 5.30. The third-order valence-corrected chi connectivity index (χ3v) is 2.80. The molecule has 0 spiro atoms. The SMILES string of the molecule is CCCc1c[nH]c2c1C=C(OC)CC2. The Labute approximate surface area is 85.0 Å². The minimum atomic E-state index is 1.02. The molecule has 0 amide bonds. The number of H-pyrrole nitrogens is 1. The molecule has 1 aliphatic carbocycles. The normalized spacial score (nSPS) is 14.9. The minimum Gasteiger partial charge on any atom is -0.501 e. The molecule has 0 radical (unpaired) electrons. The summed E-state index contributed by atoms with van der Waals surface area (Å²) in [5.74, 6) is 1.11. The van der Waals surface area contributed by atoms with Crippen molar-refractivity contribution in [3.05, 3.63) is 28.8 Å². The number of rotatable bonds is 3. The Morgan fingerprint density at radius 3 is 3.00 bits per heavy atom. The smallest absolute Gasteiger partial charge is 0.0966 e. The van der Waals surface area contributed by atoms with Gasteiger partial charge in [-0.15, -0.1) is 0 Å². The molecule has 0 aliphatic heterocycles. The van der Waals surface area contributed by atoms with E-state index < -0.39 is 0 Å². The molecule has 0 saturated heterocycles. The molecule has 2 heteroatoms. The van der Waals surface area contributed by atoms with E-state index >= 15 is 0 Å². The Kier molecular flexibility index (Phi) is 2.62. The second-order valence-corrected chi connectivity index (χ2v) is 3.77. The van der Waals surface area contributed by atoms with Crippen LogP contribution in [-0.4, -0.2) is 12.1 Å². The number of methoxy groups -OCH3 is 1. The highest BCUT2D eigenvalue weighted by Gasteiger charge is 2.15. The molecule has 0 bridgehead atoms. The molecule has 1 aromatic heterocycles. The summed E-state index contributed by atoms with van der Waals surface area (Å²) in [5, 5.41) is 0. The Balaban J connectivity index is 2.33. The highest BCUT2D eigenvalue weighted by molar-refractivity contribution is 5.60. The van der Waals surface area contributed by atoms with Crippen molar-refractivity contribution in [2.24, 2.45) is 0 Å². The summed E-state index contributed by atoms with van der Waals surface area (Å²) in [4.78, 5) is 3.36. The van der Waals surface area contributed by atoms with Crippen LogP contribution in [0.3, 0.4) is 0 Å². The summed E-state index contributed by atoms with van der Waals surface area (Å²) in [6.45, 7) is 2.21. The second kappa shape index (κ2) is 3.91. The van der Waals surface area contributed by atoms with Gasteiger partial charge in [0.15, 0.2) is 0 Å². The number of aromatic nitrogens is 1. The van der Waals surface area contributed by atoms with E-state index in [2.05, 4.69) is 24.2 Å². The van der Waals surface area contributed by atoms with Gasteiger partial charge in [-0.3, -0.25) is 0 Å². The molecule has 0 atom stereocenters. The molecule has 1 aromatic rings. The first kappa shape index (κ1) is 9.38. The minimum absolute atomic E-state index is 1.02. The Bertz CT molecular complexity index is 349. The Hall–Kier alpha value is -1.18. The van der Waals surface area contributed by atoms with Crippen LogP contribution in [-0.2, 0) is 17.6 Å². The second-order valence-electron chi connectivity index (χ2n) is 3.77. The molecule has 1 heterocycles. The standard InChI is InChI=1S/C12H17NO/c1-3-4-9-8-13-12-6-5-10(14-2)7-11(9)12/h7-8,13H,3-6H2,1-2H3. The van der Waals surface area contributed by atoms with E-state index in [1.807, 2.05) is 0 Å². The number of aryl methyl sites for hydroxylation is 2. The molecule has 1 aliphatic rings. The zero-order valence-corrected chi connectivity index (χ0v) is 8.89. The van der Waals surface area contributed by atoms with Crippen molar-refractivity contribution in [3.8, 4) is 0 Å². The van der Waals surface area contributed by atoms with E-state index in [1.165, 1.54) is 23.2 Å². The molecule has 0 fully saturated rings. The Morgan fingerprint density at radius 2 is 2.29 bits per heavy atom. The first-order chi connectivity index (χ1) is 6.85. The van der Waals surface area contributed by atoms with Crippen molar-refractivity contribution in [2.75, 3.05) is 7.11 Å². The van der Waals surface area contributed by atoms with Crippen molar-refractivity contribution in [1.29, 1.82) is 0 Å². The van der Waals surface area contributed by atoms with Crippen LogP contribution in [0.4, 0.5) is 0 Å². The van der Waals surface area contributed by atoms with E-state index in [-0.39, 0.29) is 0 Å². The zero-order valence-electron chi connectivity index (χ0n) is 8.89. The first-order valence-electron chi connectivity index (χ1n) is 5.28. The lowest BCUT2D eigenvalue weighted by Gasteiger charge is -2.13. The summed E-state index contributed by atoms with van der Waals surface area (Å²) in [5.41, 5.74) is 4.17. The van der Waals surface area contributed by atoms with E-state index in [4.69, 9.17) is 4.74 Å². The maximum absolute atomic E-state index is 5.30. The molecule has 1 N–H and O–H groups in total. The van der Waals surface area contributed by atoms with Crippen molar-refractivity contribution in [3.63, 3.8) is 0 Å². The highest BCUT2D eigenvalue weighted by Crippen LogP contribution is 2.27. The predicted octanol–water partition coefficient (Wildman–Crippen LogP) is 2.90. The summed E-state index contributed by atoms with van der Waals surface area (Å²) in [6, 6.07) is 0. The van der Waals surface area contributed by atoms with Crippen LogP contribution in [0.25, 0.3) is 6.08 Å². The number of hydrogen-bond donors (Lipinski definition) is 1. The van der Waals surface area contributed by atoms with E-state index in [0.717, 1.165) is 25.0 Å². The quantitative estimate of drug-likeness (QED) is 0.780. The number of fused-ring (bicyclic) bond motifs is 1. The van der Waals surface area contributed by atoms with Gasteiger partial charge >= 0.3 is 0 Å². The van der Waals surface area contributed by atoms with Gasteiger partial charge in [0.2, 0.25) is 0 Å². The van der Waals surface area contributed by atoms with Crippen molar-refractivity contribution in [1.82, 2.24) is 4.98 Å². The molecule has 2 nitrogen and oxygen atoms in total. The van der Waals surface area contributed by atoms with Crippen LogP contribution in [0.15, 0.2) is 12.0 Å². The number of hydrogen-bond acceptors (Lipinski definition) is 1. The van der Waals surface area contributed by atoms with Gasteiger partial charge in [0.05, 0.1) is 12.9 Å².